The fourth-order valence-electron chi connectivity index (χ4n) is 3.17. The van der Waals surface area contributed by atoms with Gasteiger partial charge in [0.2, 0.25) is 0 Å². The zero-order chi connectivity index (χ0) is 20.8. The molecule has 0 bridgehead atoms. The molecule has 0 radical (unpaired) electrons. The SMILES string of the molecule is [CH2-]CCCCO[C@@H]1O[C@H](CO)[C@@H](O[C@H]2O[C@H](CO)[C@@H](O)[C@H](O)[C@H]2O)[C@H](O)[C@H]1O. The molecular formula is C17H31O11-. The summed E-state index contributed by atoms with van der Waals surface area (Å²) in [7, 11) is 0. The lowest BCUT2D eigenvalue weighted by Gasteiger charge is -2.45. The Morgan fingerprint density at radius 1 is 0.714 bits per heavy atom. The third-order valence-corrected chi connectivity index (χ3v) is 4.89. The molecule has 2 heterocycles. The van der Waals surface area contributed by atoms with E-state index in [9.17, 15) is 35.7 Å². The van der Waals surface area contributed by atoms with Crippen LogP contribution in [0.5, 0.6) is 0 Å². The second kappa shape index (κ2) is 11.1. The molecule has 166 valence electrons. The summed E-state index contributed by atoms with van der Waals surface area (Å²) in [5, 5.41) is 69.2. The standard InChI is InChI=1S/C17H31O11/c1-2-3-4-5-25-16-14(24)12(22)15(9(7-19)27-16)28-17-13(23)11(21)10(20)8(6-18)26-17/h8-24H,1-7H2/q-1/t8-,9-,10-,11+,12-,13-,14-,15-,16-,17-/m1/s1. The van der Waals surface area contributed by atoms with Crippen LogP contribution in [0.3, 0.4) is 0 Å². The molecule has 2 rings (SSSR count). The number of unbranched alkanes of at least 4 members (excludes halogenated alkanes) is 2. The lowest BCUT2D eigenvalue weighted by molar-refractivity contribution is -0.359. The Bertz CT molecular complexity index is 449. The van der Waals surface area contributed by atoms with E-state index in [2.05, 4.69) is 6.92 Å². The molecule has 28 heavy (non-hydrogen) atoms. The van der Waals surface area contributed by atoms with Crippen LogP contribution in [0.1, 0.15) is 19.3 Å². The molecule has 2 aliphatic rings. The van der Waals surface area contributed by atoms with Gasteiger partial charge in [-0.05, 0) is 6.42 Å². The van der Waals surface area contributed by atoms with Crippen LogP contribution in [-0.2, 0) is 18.9 Å². The molecule has 0 amide bonds. The lowest BCUT2D eigenvalue weighted by Crippen LogP contribution is -2.64. The van der Waals surface area contributed by atoms with Gasteiger partial charge in [-0.15, -0.1) is 0 Å². The van der Waals surface area contributed by atoms with Gasteiger partial charge in [0.15, 0.2) is 12.6 Å². The topological polar surface area (TPSA) is 179 Å². The highest BCUT2D eigenvalue weighted by atomic mass is 16.7. The van der Waals surface area contributed by atoms with Crippen LogP contribution < -0.4 is 0 Å². The van der Waals surface area contributed by atoms with Gasteiger partial charge >= 0.3 is 0 Å². The van der Waals surface area contributed by atoms with E-state index in [4.69, 9.17) is 18.9 Å². The molecule has 0 aromatic rings. The molecule has 0 aliphatic carbocycles. The average Bonchev–Trinajstić information content (AvgIpc) is 2.70. The predicted molar refractivity (Wildman–Crippen MR) is 91.6 cm³/mol. The highest BCUT2D eigenvalue weighted by Crippen LogP contribution is 2.29. The van der Waals surface area contributed by atoms with Crippen molar-refractivity contribution in [1.82, 2.24) is 0 Å². The van der Waals surface area contributed by atoms with Crippen LogP contribution in [0.15, 0.2) is 0 Å². The minimum absolute atomic E-state index is 0.264. The summed E-state index contributed by atoms with van der Waals surface area (Å²) in [6, 6.07) is 0. The van der Waals surface area contributed by atoms with E-state index in [1.165, 1.54) is 0 Å². The molecule has 2 fully saturated rings. The van der Waals surface area contributed by atoms with Crippen LogP contribution in [-0.4, -0.2) is 117 Å². The van der Waals surface area contributed by atoms with Crippen molar-refractivity contribution >= 4 is 0 Å². The Kier molecular flexibility index (Phi) is 9.44. The van der Waals surface area contributed by atoms with Crippen molar-refractivity contribution in [2.45, 2.75) is 80.7 Å². The average molecular weight is 411 g/mol. The summed E-state index contributed by atoms with van der Waals surface area (Å²) in [6.07, 6.45) is -12.2. The van der Waals surface area contributed by atoms with Crippen molar-refractivity contribution in [3.63, 3.8) is 0 Å². The maximum Gasteiger partial charge on any atom is 0.187 e. The van der Waals surface area contributed by atoms with Gasteiger partial charge in [-0.2, -0.15) is 6.42 Å². The molecule has 2 aliphatic heterocycles. The largest absolute Gasteiger partial charge is 0.394 e. The summed E-state index contributed by atoms with van der Waals surface area (Å²) < 4.78 is 21.6. The van der Waals surface area contributed by atoms with Gasteiger partial charge in [-0.25, -0.2) is 0 Å². The number of rotatable bonds is 9. The second-order valence-electron chi connectivity index (χ2n) is 6.94. The highest BCUT2D eigenvalue weighted by Gasteiger charge is 2.50. The summed E-state index contributed by atoms with van der Waals surface area (Å²) >= 11 is 0. The van der Waals surface area contributed by atoms with Gasteiger partial charge < -0.3 is 61.6 Å². The molecule has 0 saturated carbocycles. The lowest BCUT2D eigenvalue weighted by atomic mass is 9.97. The fourth-order valence-corrected chi connectivity index (χ4v) is 3.17. The summed E-state index contributed by atoms with van der Waals surface area (Å²) in [6.45, 7) is 2.73. The van der Waals surface area contributed by atoms with E-state index < -0.39 is 74.6 Å². The first-order chi connectivity index (χ1) is 13.3. The molecule has 2 saturated heterocycles. The number of ether oxygens (including phenoxy) is 4. The Morgan fingerprint density at radius 3 is 1.93 bits per heavy atom. The monoisotopic (exact) mass is 411 g/mol. The third kappa shape index (κ3) is 5.37. The molecule has 0 aromatic carbocycles. The van der Waals surface area contributed by atoms with Gasteiger partial charge in [0.05, 0.1) is 13.2 Å². The maximum atomic E-state index is 10.4. The van der Waals surface area contributed by atoms with E-state index >= 15 is 0 Å². The van der Waals surface area contributed by atoms with E-state index in [1.54, 1.807) is 0 Å². The van der Waals surface area contributed by atoms with Gasteiger partial charge in [-0.1, -0.05) is 6.42 Å². The predicted octanol–water partition coefficient (Wildman–Crippen LogP) is -3.37. The van der Waals surface area contributed by atoms with Crippen molar-refractivity contribution in [2.75, 3.05) is 19.8 Å². The molecule has 0 spiro atoms. The smallest absolute Gasteiger partial charge is 0.187 e. The zero-order valence-electron chi connectivity index (χ0n) is 15.5. The van der Waals surface area contributed by atoms with Crippen molar-refractivity contribution in [2.24, 2.45) is 0 Å². The van der Waals surface area contributed by atoms with Gasteiger partial charge in [-0.3, -0.25) is 0 Å². The first kappa shape index (κ1) is 23.8. The van der Waals surface area contributed by atoms with Crippen molar-refractivity contribution in [3.8, 4) is 0 Å². The van der Waals surface area contributed by atoms with Gasteiger partial charge in [0.1, 0.15) is 48.8 Å². The second-order valence-corrected chi connectivity index (χ2v) is 6.94. The molecule has 11 nitrogen and oxygen atoms in total. The van der Waals surface area contributed by atoms with Crippen LogP contribution in [0.25, 0.3) is 0 Å². The van der Waals surface area contributed by atoms with Crippen LogP contribution >= 0.6 is 0 Å². The van der Waals surface area contributed by atoms with Gasteiger partial charge in [0, 0.05) is 6.61 Å². The van der Waals surface area contributed by atoms with Crippen molar-refractivity contribution < 1.29 is 54.7 Å². The third-order valence-electron chi connectivity index (χ3n) is 4.89. The number of aliphatic hydroxyl groups is 7. The Balaban J connectivity index is 2.02. The molecule has 0 aromatic heterocycles. The summed E-state index contributed by atoms with van der Waals surface area (Å²) in [5.41, 5.74) is 0. The van der Waals surface area contributed by atoms with Crippen molar-refractivity contribution in [1.29, 1.82) is 0 Å². The summed E-state index contributed by atoms with van der Waals surface area (Å²) in [4.78, 5) is 0. The highest BCUT2D eigenvalue weighted by molar-refractivity contribution is 4.94. The zero-order valence-corrected chi connectivity index (χ0v) is 15.5. The maximum absolute atomic E-state index is 10.4. The Hall–Kier alpha value is -0.440. The molecule has 11 heteroatoms. The van der Waals surface area contributed by atoms with Crippen LogP contribution in [0, 0.1) is 6.92 Å². The minimum Gasteiger partial charge on any atom is -0.394 e. The first-order valence-corrected chi connectivity index (χ1v) is 9.35. The fraction of sp³-hybridized carbons (Fsp3) is 0.941. The summed E-state index contributed by atoms with van der Waals surface area (Å²) in [5.74, 6) is 0. The number of aliphatic hydroxyl groups excluding tert-OH is 7. The quantitative estimate of drug-likeness (QED) is 0.149. The van der Waals surface area contributed by atoms with Crippen molar-refractivity contribution in [3.05, 3.63) is 6.92 Å². The minimum atomic E-state index is -1.70. The van der Waals surface area contributed by atoms with E-state index in [-0.39, 0.29) is 6.61 Å². The molecular weight excluding hydrogens is 380 g/mol. The first-order valence-electron chi connectivity index (χ1n) is 9.35. The number of hydrogen-bond acceptors (Lipinski definition) is 11. The van der Waals surface area contributed by atoms with Crippen LogP contribution in [0.4, 0.5) is 0 Å². The normalized spacial score (nSPS) is 44.6. The Morgan fingerprint density at radius 2 is 1.32 bits per heavy atom. The molecule has 10 atom stereocenters. The Labute approximate surface area is 163 Å². The van der Waals surface area contributed by atoms with E-state index in [1.807, 2.05) is 0 Å². The van der Waals surface area contributed by atoms with Crippen LogP contribution in [0.2, 0.25) is 0 Å². The molecule has 7 N–H and O–H groups in total. The van der Waals surface area contributed by atoms with E-state index in [0.29, 0.717) is 6.42 Å². The van der Waals surface area contributed by atoms with E-state index in [0.717, 1.165) is 12.8 Å². The van der Waals surface area contributed by atoms with Gasteiger partial charge in [0.25, 0.3) is 0 Å². The number of hydrogen-bond donors (Lipinski definition) is 7. The molecule has 0 unspecified atom stereocenters.